The molecular formula is C26H27N5O2S. The molecule has 2 amide bonds. The van der Waals surface area contributed by atoms with Crippen molar-refractivity contribution in [2.24, 2.45) is 5.92 Å². The van der Waals surface area contributed by atoms with E-state index in [4.69, 9.17) is 0 Å². The van der Waals surface area contributed by atoms with Gasteiger partial charge in [-0.2, -0.15) is 5.10 Å². The number of carbonyl (C=O) groups excluding carboxylic acids is 2. The number of hydrogen-bond acceptors (Lipinski definition) is 5. The van der Waals surface area contributed by atoms with E-state index in [0.717, 1.165) is 34.3 Å². The molecule has 34 heavy (non-hydrogen) atoms. The second kappa shape index (κ2) is 9.38. The topological polar surface area (TPSA) is 80.1 Å². The van der Waals surface area contributed by atoms with Gasteiger partial charge in [-0.3, -0.25) is 14.3 Å². The standard InChI is InChI=1S/C26H27N5O2S/c1-17-10-11-23(27-14-17)28-24(32)20-9-6-12-30(16-20)25(33)22-13-21-18(2)29-31(26(21)34-22)15-19-7-4-3-5-8-19/h3-5,7-8,10-11,13-14,20H,6,9,12,15-16H2,1-2H3,(H,27,28,32). The van der Waals surface area contributed by atoms with Crippen molar-refractivity contribution in [1.82, 2.24) is 19.7 Å². The highest BCUT2D eigenvalue weighted by Crippen LogP contribution is 2.31. The lowest BCUT2D eigenvalue weighted by Gasteiger charge is -2.31. The van der Waals surface area contributed by atoms with Crippen LogP contribution in [0.1, 0.15) is 39.3 Å². The first-order valence-electron chi connectivity index (χ1n) is 11.5. The summed E-state index contributed by atoms with van der Waals surface area (Å²) >= 11 is 1.48. The Balaban J connectivity index is 1.30. The van der Waals surface area contributed by atoms with Crippen molar-refractivity contribution >= 4 is 39.2 Å². The van der Waals surface area contributed by atoms with Crippen LogP contribution in [-0.2, 0) is 11.3 Å². The Morgan fingerprint density at radius 3 is 2.74 bits per heavy atom. The lowest BCUT2D eigenvalue weighted by Crippen LogP contribution is -2.43. The molecule has 1 N–H and O–H groups in total. The van der Waals surface area contributed by atoms with Crippen molar-refractivity contribution < 1.29 is 9.59 Å². The van der Waals surface area contributed by atoms with E-state index in [0.29, 0.717) is 30.3 Å². The van der Waals surface area contributed by atoms with Gasteiger partial charge in [-0.05, 0) is 49.9 Å². The number of aryl methyl sites for hydroxylation is 2. The molecule has 8 heteroatoms. The van der Waals surface area contributed by atoms with Gasteiger partial charge in [-0.25, -0.2) is 4.98 Å². The van der Waals surface area contributed by atoms with E-state index in [2.05, 4.69) is 27.5 Å². The summed E-state index contributed by atoms with van der Waals surface area (Å²) < 4.78 is 1.97. The number of amides is 2. The van der Waals surface area contributed by atoms with Crippen LogP contribution in [0.3, 0.4) is 0 Å². The van der Waals surface area contributed by atoms with Crippen LogP contribution in [0.15, 0.2) is 54.7 Å². The van der Waals surface area contributed by atoms with E-state index < -0.39 is 0 Å². The van der Waals surface area contributed by atoms with E-state index in [1.165, 1.54) is 16.9 Å². The lowest BCUT2D eigenvalue weighted by molar-refractivity contribution is -0.121. The van der Waals surface area contributed by atoms with E-state index in [1.807, 2.05) is 53.8 Å². The summed E-state index contributed by atoms with van der Waals surface area (Å²) in [5.41, 5.74) is 3.13. The average Bonchev–Trinajstić information content (AvgIpc) is 3.42. The second-order valence-corrected chi connectivity index (χ2v) is 9.89. The first kappa shape index (κ1) is 22.3. The minimum absolute atomic E-state index is 0.0159. The normalized spacial score (nSPS) is 16.1. The lowest BCUT2D eigenvalue weighted by atomic mass is 9.97. The highest BCUT2D eigenvalue weighted by atomic mass is 32.1. The third kappa shape index (κ3) is 4.59. The molecule has 1 atom stereocenters. The van der Waals surface area contributed by atoms with E-state index in [-0.39, 0.29) is 17.7 Å². The number of benzene rings is 1. The number of pyridine rings is 1. The van der Waals surface area contributed by atoms with Crippen LogP contribution in [0.25, 0.3) is 10.2 Å². The quantitative estimate of drug-likeness (QED) is 0.458. The van der Waals surface area contributed by atoms with Crippen molar-refractivity contribution in [3.05, 3.63) is 76.4 Å². The first-order valence-corrected chi connectivity index (χ1v) is 12.3. The molecule has 0 bridgehead atoms. The third-order valence-corrected chi connectivity index (χ3v) is 7.37. The average molecular weight is 474 g/mol. The molecule has 0 aliphatic carbocycles. The number of aromatic nitrogens is 3. The predicted molar refractivity (Wildman–Crippen MR) is 134 cm³/mol. The Morgan fingerprint density at radius 2 is 1.97 bits per heavy atom. The summed E-state index contributed by atoms with van der Waals surface area (Å²) in [7, 11) is 0. The molecule has 4 heterocycles. The molecule has 7 nitrogen and oxygen atoms in total. The van der Waals surface area contributed by atoms with Crippen LogP contribution in [-0.4, -0.2) is 44.6 Å². The molecule has 174 valence electrons. The zero-order valence-corrected chi connectivity index (χ0v) is 20.1. The van der Waals surface area contributed by atoms with E-state index in [9.17, 15) is 9.59 Å². The van der Waals surface area contributed by atoms with Crippen LogP contribution in [0.4, 0.5) is 5.82 Å². The van der Waals surface area contributed by atoms with Crippen LogP contribution >= 0.6 is 11.3 Å². The third-order valence-electron chi connectivity index (χ3n) is 6.24. The number of thiophene rings is 1. The summed E-state index contributed by atoms with van der Waals surface area (Å²) in [5.74, 6) is 0.199. The van der Waals surface area contributed by atoms with Gasteiger partial charge in [-0.15, -0.1) is 11.3 Å². The summed E-state index contributed by atoms with van der Waals surface area (Å²) in [6.45, 7) is 5.68. The Kier molecular flexibility index (Phi) is 6.15. The smallest absolute Gasteiger partial charge is 0.264 e. The molecule has 3 aromatic heterocycles. The van der Waals surface area contributed by atoms with Crippen LogP contribution in [0.2, 0.25) is 0 Å². The summed E-state index contributed by atoms with van der Waals surface area (Å²) in [5, 5.41) is 8.59. The van der Waals surface area contributed by atoms with Gasteiger partial charge < -0.3 is 10.2 Å². The maximum absolute atomic E-state index is 13.4. The van der Waals surface area contributed by atoms with Gasteiger partial charge in [0.05, 0.1) is 23.0 Å². The van der Waals surface area contributed by atoms with E-state index >= 15 is 0 Å². The molecular weight excluding hydrogens is 446 g/mol. The molecule has 1 saturated heterocycles. The van der Waals surface area contributed by atoms with Crippen molar-refractivity contribution in [3.8, 4) is 0 Å². The number of likely N-dealkylation sites (tertiary alicyclic amines) is 1. The highest BCUT2D eigenvalue weighted by Gasteiger charge is 2.30. The highest BCUT2D eigenvalue weighted by molar-refractivity contribution is 7.20. The van der Waals surface area contributed by atoms with Crippen molar-refractivity contribution in [2.75, 3.05) is 18.4 Å². The summed E-state index contributed by atoms with van der Waals surface area (Å²) in [6.07, 6.45) is 3.30. The predicted octanol–water partition coefficient (Wildman–Crippen LogP) is 4.65. The molecule has 1 aromatic carbocycles. The van der Waals surface area contributed by atoms with Crippen LogP contribution in [0.5, 0.6) is 0 Å². The number of fused-ring (bicyclic) bond motifs is 1. The minimum Gasteiger partial charge on any atom is -0.337 e. The maximum Gasteiger partial charge on any atom is 0.264 e. The van der Waals surface area contributed by atoms with Gasteiger partial charge in [0.15, 0.2) is 0 Å². The minimum atomic E-state index is -0.245. The Hall–Kier alpha value is -3.52. The molecule has 1 aliphatic rings. The second-order valence-electron chi connectivity index (χ2n) is 8.86. The number of hydrogen-bond donors (Lipinski definition) is 1. The number of nitrogens with one attached hydrogen (secondary N) is 1. The van der Waals surface area contributed by atoms with Gasteiger partial charge in [0, 0.05) is 24.7 Å². The number of nitrogens with zero attached hydrogens (tertiary/aromatic N) is 4. The van der Waals surface area contributed by atoms with Gasteiger partial charge in [0.2, 0.25) is 5.91 Å². The molecule has 4 aromatic rings. The molecule has 1 fully saturated rings. The largest absolute Gasteiger partial charge is 0.337 e. The molecule has 0 radical (unpaired) electrons. The van der Waals surface area contributed by atoms with Crippen molar-refractivity contribution in [1.29, 1.82) is 0 Å². The fourth-order valence-corrected chi connectivity index (χ4v) is 5.51. The van der Waals surface area contributed by atoms with Crippen molar-refractivity contribution in [2.45, 2.75) is 33.2 Å². The fourth-order valence-electron chi connectivity index (χ4n) is 4.38. The van der Waals surface area contributed by atoms with E-state index in [1.54, 1.807) is 12.3 Å². The number of carbonyl (C=O) groups is 2. The number of rotatable bonds is 5. The van der Waals surface area contributed by atoms with Crippen LogP contribution < -0.4 is 5.32 Å². The first-order chi connectivity index (χ1) is 16.5. The van der Waals surface area contributed by atoms with Crippen molar-refractivity contribution in [3.63, 3.8) is 0 Å². The molecule has 0 saturated carbocycles. The van der Waals surface area contributed by atoms with Gasteiger partial charge in [0.25, 0.3) is 5.91 Å². The molecule has 1 aliphatic heterocycles. The summed E-state index contributed by atoms with van der Waals surface area (Å²) in [6, 6.07) is 15.9. The molecule has 1 unspecified atom stereocenters. The maximum atomic E-state index is 13.4. The Labute approximate surface area is 202 Å². The SMILES string of the molecule is Cc1ccc(NC(=O)C2CCCN(C(=O)c3cc4c(C)nn(Cc5ccccc5)c4s3)C2)nc1. The molecule has 5 rings (SSSR count). The zero-order chi connectivity index (χ0) is 23.7. The summed E-state index contributed by atoms with van der Waals surface area (Å²) in [4.78, 5) is 34.0. The van der Waals surface area contributed by atoms with Gasteiger partial charge >= 0.3 is 0 Å². The van der Waals surface area contributed by atoms with Gasteiger partial charge in [0.1, 0.15) is 10.6 Å². The monoisotopic (exact) mass is 473 g/mol. The van der Waals surface area contributed by atoms with Gasteiger partial charge in [-0.1, -0.05) is 36.4 Å². The Morgan fingerprint density at radius 1 is 1.15 bits per heavy atom. The zero-order valence-electron chi connectivity index (χ0n) is 19.3. The number of piperidine rings is 1. The Bertz CT molecular complexity index is 1330. The number of anilines is 1. The molecule has 0 spiro atoms. The fraction of sp³-hybridized carbons (Fsp3) is 0.308. The van der Waals surface area contributed by atoms with Crippen LogP contribution in [0, 0.1) is 19.8 Å².